The van der Waals surface area contributed by atoms with Gasteiger partial charge in [-0.05, 0) is 58.8 Å². The zero-order chi connectivity index (χ0) is 16.2. The van der Waals surface area contributed by atoms with Crippen molar-refractivity contribution in [2.24, 2.45) is 0 Å². The molecule has 0 unspecified atom stereocenters. The highest BCUT2D eigenvalue weighted by atomic mass is 35.5. The zero-order valence-corrected chi connectivity index (χ0v) is 12.9. The van der Waals surface area contributed by atoms with E-state index in [0.29, 0.717) is 16.3 Å². The standard InChI is InChI=1S/C16H12ClN3O3/c1-22-13-8-4-10(5-9-13)14-15(20-23-19-14)18-16(21)11-2-6-12(17)7-3-11/h2-9H,1H3,(H,18,20,21). The Morgan fingerprint density at radius 1 is 1.09 bits per heavy atom. The second-order valence-corrected chi connectivity index (χ2v) is 5.09. The monoisotopic (exact) mass is 329 g/mol. The zero-order valence-electron chi connectivity index (χ0n) is 12.1. The van der Waals surface area contributed by atoms with Crippen molar-refractivity contribution in [3.8, 4) is 17.0 Å². The molecule has 2 aromatic carbocycles. The third-order valence-corrected chi connectivity index (χ3v) is 3.44. The average molecular weight is 330 g/mol. The van der Waals surface area contributed by atoms with Crippen molar-refractivity contribution in [1.29, 1.82) is 0 Å². The Labute approximate surface area is 137 Å². The Morgan fingerprint density at radius 2 is 1.78 bits per heavy atom. The lowest BCUT2D eigenvalue weighted by molar-refractivity contribution is 0.102. The third kappa shape index (κ3) is 3.32. The number of rotatable bonds is 4. The van der Waals surface area contributed by atoms with Crippen LogP contribution < -0.4 is 10.1 Å². The number of ether oxygens (including phenoxy) is 1. The van der Waals surface area contributed by atoms with Crippen molar-refractivity contribution in [2.75, 3.05) is 12.4 Å². The quantitative estimate of drug-likeness (QED) is 0.790. The average Bonchev–Trinajstić information content (AvgIpc) is 3.03. The number of methoxy groups -OCH3 is 1. The lowest BCUT2D eigenvalue weighted by Gasteiger charge is -2.04. The smallest absolute Gasteiger partial charge is 0.256 e. The normalized spacial score (nSPS) is 10.3. The molecule has 0 spiro atoms. The number of halogens is 1. The first-order valence-electron chi connectivity index (χ1n) is 6.71. The molecule has 0 bridgehead atoms. The molecule has 0 radical (unpaired) electrons. The molecule has 1 N–H and O–H groups in total. The largest absolute Gasteiger partial charge is 0.497 e. The number of amides is 1. The molecule has 3 rings (SSSR count). The minimum atomic E-state index is -0.327. The fourth-order valence-corrected chi connectivity index (χ4v) is 2.12. The first-order chi connectivity index (χ1) is 11.2. The number of nitrogens with zero attached hydrogens (tertiary/aromatic N) is 2. The molecule has 1 aromatic heterocycles. The molecule has 116 valence electrons. The molecule has 0 saturated carbocycles. The van der Waals surface area contributed by atoms with E-state index in [2.05, 4.69) is 15.6 Å². The van der Waals surface area contributed by atoms with Gasteiger partial charge in [0.1, 0.15) is 5.75 Å². The molecule has 7 heteroatoms. The van der Waals surface area contributed by atoms with E-state index in [0.717, 1.165) is 11.3 Å². The predicted octanol–water partition coefficient (Wildman–Crippen LogP) is 3.65. The Morgan fingerprint density at radius 3 is 2.43 bits per heavy atom. The van der Waals surface area contributed by atoms with Crippen LogP contribution in [0.3, 0.4) is 0 Å². The van der Waals surface area contributed by atoms with Gasteiger partial charge in [0.2, 0.25) is 5.82 Å². The number of benzene rings is 2. The maximum absolute atomic E-state index is 12.2. The molecular formula is C16H12ClN3O3. The van der Waals surface area contributed by atoms with E-state index in [-0.39, 0.29) is 11.7 Å². The molecule has 0 aliphatic heterocycles. The van der Waals surface area contributed by atoms with Gasteiger partial charge in [0, 0.05) is 16.1 Å². The summed E-state index contributed by atoms with van der Waals surface area (Å²) in [6.45, 7) is 0. The molecule has 0 atom stereocenters. The number of carbonyl (C=O) groups excluding carboxylic acids is 1. The number of anilines is 1. The van der Waals surface area contributed by atoms with Crippen LogP contribution in [0.15, 0.2) is 53.2 Å². The molecule has 1 amide bonds. The number of hydrogen-bond acceptors (Lipinski definition) is 5. The Kier molecular flexibility index (Phi) is 4.25. The van der Waals surface area contributed by atoms with Gasteiger partial charge in [0.05, 0.1) is 7.11 Å². The highest BCUT2D eigenvalue weighted by Gasteiger charge is 2.16. The Hall–Kier alpha value is -2.86. The maximum atomic E-state index is 12.2. The molecule has 0 saturated heterocycles. The van der Waals surface area contributed by atoms with Gasteiger partial charge < -0.3 is 10.1 Å². The van der Waals surface area contributed by atoms with Crippen LogP contribution in [0.2, 0.25) is 5.02 Å². The molecule has 1 heterocycles. The number of hydrogen-bond donors (Lipinski definition) is 1. The van der Waals surface area contributed by atoms with Gasteiger partial charge in [-0.2, -0.15) is 0 Å². The highest BCUT2D eigenvalue weighted by molar-refractivity contribution is 6.30. The predicted molar refractivity (Wildman–Crippen MR) is 85.7 cm³/mol. The first kappa shape index (κ1) is 15.1. The summed E-state index contributed by atoms with van der Waals surface area (Å²) in [5, 5.41) is 10.8. The number of aromatic nitrogens is 2. The Bertz CT molecular complexity index is 813. The third-order valence-electron chi connectivity index (χ3n) is 3.19. The summed E-state index contributed by atoms with van der Waals surface area (Å²) < 4.78 is 9.85. The molecule has 0 aliphatic rings. The van der Waals surface area contributed by atoms with E-state index < -0.39 is 0 Å². The van der Waals surface area contributed by atoms with Crippen molar-refractivity contribution in [2.45, 2.75) is 0 Å². The molecule has 6 nitrogen and oxygen atoms in total. The van der Waals surface area contributed by atoms with Crippen LogP contribution in [0.4, 0.5) is 5.82 Å². The molecule has 0 fully saturated rings. The molecule has 23 heavy (non-hydrogen) atoms. The SMILES string of the molecule is COc1ccc(-c2nonc2NC(=O)c2ccc(Cl)cc2)cc1. The maximum Gasteiger partial charge on any atom is 0.256 e. The Balaban J connectivity index is 1.83. The minimum absolute atomic E-state index is 0.245. The van der Waals surface area contributed by atoms with E-state index in [1.807, 2.05) is 0 Å². The van der Waals surface area contributed by atoms with Gasteiger partial charge in [-0.3, -0.25) is 4.79 Å². The fraction of sp³-hybridized carbons (Fsp3) is 0.0625. The second-order valence-electron chi connectivity index (χ2n) is 4.65. The summed E-state index contributed by atoms with van der Waals surface area (Å²) in [7, 11) is 1.59. The van der Waals surface area contributed by atoms with Crippen molar-refractivity contribution < 1.29 is 14.2 Å². The van der Waals surface area contributed by atoms with Crippen LogP contribution >= 0.6 is 11.6 Å². The van der Waals surface area contributed by atoms with E-state index in [1.54, 1.807) is 55.6 Å². The summed E-state index contributed by atoms with van der Waals surface area (Å²) in [6.07, 6.45) is 0. The minimum Gasteiger partial charge on any atom is -0.497 e. The van der Waals surface area contributed by atoms with Gasteiger partial charge in [-0.15, -0.1) is 0 Å². The number of carbonyl (C=O) groups is 1. The van der Waals surface area contributed by atoms with E-state index in [9.17, 15) is 4.79 Å². The lowest BCUT2D eigenvalue weighted by Crippen LogP contribution is -2.12. The van der Waals surface area contributed by atoms with Crippen LogP contribution in [0.1, 0.15) is 10.4 Å². The lowest BCUT2D eigenvalue weighted by atomic mass is 10.1. The second kappa shape index (κ2) is 6.50. The topological polar surface area (TPSA) is 77.2 Å². The van der Waals surface area contributed by atoms with Crippen LogP contribution in [0.25, 0.3) is 11.3 Å². The summed E-state index contributed by atoms with van der Waals surface area (Å²) in [4.78, 5) is 12.2. The van der Waals surface area contributed by atoms with E-state index >= 15 is 0 Å². The van der Waals surface area contributed by atoms with Crippen molar-refractivity contribution >= 4 is 23.3 Å². The van der Waals surface area contributed by atoms with Gasteiger partial charge in [-0.25, -0.2) is 4.63 Å². The van der Waals surface area contributed by atoms with Crippen LogP contribution in [-0.2, 0) is 0 Å². The van der Waals surface area contributed by atoms with Crippen LogP contribution in [0.5, 0.6) is 5.75 Å². The summed E-state index contributed by atoms with van der Waals surface area (Å²) >= 11 is 5.81. The van der Waals surface area contributed by atoms with Gasteiger partial charge in [0.15, 0.2) is 5.69 Å². The van der Waals surface area contributed by atoms with Gasteiger partial charge in [-0.1, -0.05) is 11.6 Å². The molecular weight excluding hydrogens is 318 g/mol. The van der Waals surface area contributed by atoms with Crippen molar-refractivity contribution in [3.63, 3.8) is 0 Å². The van der Waals surface area contributed by atoms with Crippen molar-refractivity contribution in [1.82, 2.24) is 10.3 Å². The van der Waals surface area contributed by atoms with E-state index in [1.165, 1.54) is 0 Å². The fourth-order valence-electron chi connectivity index (χ4n) is 1.99. The molecule has 0 aliphatic carbocycles. The van der Waals surface area contributed by atoms with E-state index in [4.69, 9.17) is 21.0 Å². The number of nitrogens with one attached hydrogen (secondary N) is 1. The summed E-state index contributed by atoms with van der Waals surface area (Å²) in [5.41, 5.74) is 1.64. The van der Waals surface area contributed by atoms with Gasteiger partial charge in [0.25, 0.3) is 5.91 Å². The first-order valence-corrected chi connectivity index (χ1v) is 7.09. The summed E-state index contributed by atoms with van der Waals surface area (Å²) in [5.74, 6) is 0.638. The molecule has 3 aromatic rings. The summed E-state index contributed by atoms with van der Waals surface area (Å²) in [6, 6.07) is 13.7. The van der Waals surface area contributed by atoms with Gasteiger partial charge >= 0.3 is 0 Å². The van der Waals surface area contributed by atoms with Crippen molar-refractivity contribution in [3.05, 3.63) is 59.1 Å². The highest BCUT2D eigenvalue weighted by Crippen LogP contribution is 2.26. The van der Waals surface area contributed by atoms with Crippen LogP contribution in [0, 0.1) is 0 Å². The van der Waals surface area contributed by atoms with Crippen LogP contribution in [-0.4, -0.2) is 23.3 Å².